The Kier molecular flexibility index (Phi) is 4.95. The summed E-state index contributed by atoms with van der Waals surface area (Å²) in [5, 5.41) is -0.321. The molecule has 3 aromatic rings. The number of hydrogen-bond acceptors (Lipinski definition) is 4. The molecule has 2 aromatic carbocycles. The third kappa shape index (κ3) is 3.55. The Morgan fingerprint density at radius 1 is 1.00 bits per heavy atom. The van der Waals surface area contributed by atoms with E-state index in [0.717, 1.165) is 23.3 Å². The number of anilines is 2. The molecule has 0 aliphatic carbocycles. The second-order valence-corrected chi connectivity index (χ2v) is 6.12. The molecule has 0 amide bonds. The van der Waals surface area contributed by atoms with Gasteiger partial charge in [0.05, 0.1) is 5.02 Å². The van der Waals surface area contributed by atoms with Gasteiger partial charge in [0, 0.05) is 23.0 Å². The van der Waals surface area contributed by atoms with Crippen LogP contribution in [0, 0.1) is 11.6 Å². The van der Waals surface area contributed by atoms with Gasteiger partial charge in [0.2, 0.25) is 0 Å². The van der Waals surface area contributed by atoms with Gasteiger partial charge < -0.3 is 16.2 Å². The summed E-state index contributed by atoms with van der Waals surface area (Å²) in [6.45, 7) is 1.55. The molecule has 7 heteroatoms. The number of hydrogen-bond donors (Lipinski definition) is 2. The third-order valence-corrected chi connectivity index (χ3v) is 4.30. The van der Waals surface area contributed by atoms with Crippen LogP contribution in [-0.4, -0.2) is 4.98 Å². The number of nitrogen functional groups attached to an aromatic ring is 2. The number of rotatable bonds is 4. The minimum atomic E-state index is -0.871. The lowest BCUT2D eigenvalue weighted by Gasteiger charge is -2.18. The molecular formula is C19H16ClF2N3O. The van der Waals surface area contributed by atoms with Gasteiger partial charge in [0.15, 0.2) is 11.6 Å². The molecule has 0 saturated heterocycles. The van der Waals surface area contributed by atoms with E-state index in [1.54, 1.807) is 31.3 Å². The second kappa shape index (κ2) is 7.17. The average molecular weight is 376 g/mol. The van der Waals surface area contributed by atoms with Crippen LogP contribution in [0.15, 0.2) is 48.7 Å². The Morgan fingerprint density at radius 3 is 2.35 bits per heavy atom. The zero-order valence-electron chi connectivity index (χ0n) is 13.8. The molecule has 1 unspecified atom stereocenters. The summed E-state index contributed by atoms with van der Waals surface area (Å²) < 4.78 is 33.5. The minimum absolute atomic E-state index is 0.0797. The minimum Gasteiger partial charge on any atom is -0.482 e. The highest BCUT2D eigenvalue weighted by atomic mass is 35.5. The summed E-state index contributed by atoms with van der Waals surface area (Å²) in [6, 6.07) is 10.8. The molecule has 0 bridgehead atoms. The van der Waals surface area contributed by atoms with Crippen LogP contribution < -0.4 is 16.2 Å². The summed E-state index contributed by atoms with van der Waals surface area (Å²) in [4.78, 5) is 4.11. The van der Waals surface area contributed by atoms with Crippen molar-refractivity contribution in [2.24, 2.45) is 0 Å². The van der Waals surface area contributed by atoms with Crippen molar-refractivity contribution in [3.63, 3.8) is 0 Å². The Morgan fingerprint density at radius 2 is 1.65 bits per heavy atom. The van der Waals surface area contributed by atoms with Gasteiger partial charge in [-0.25, -0.2) is 13.8 Å². The van der Waals surface area contributed by atoms with Crippen LogP contribution in [-0.2, 0) is 0 Å². The first-order valence-corrected chi connectivity index (χ1v) is 8.16. The summed E-state index contributed by atoms with van der Waals surface area (Å²) in [5.41, 5.74) is 13.7. The van der Waals surface area contributed by atoms with Crippen molar-refractivity contribution in [2.75, 3.05) is 11.5 Å². The van der Waals surface area contributed by atoms with E-state index in [9.17, 15) is 8.78 Å². The number of aromatic nitrogens is 1. The van der Waals surface area contributed by atoms with Gasteiger partial charge in [-0.2, -0.15) is 0 Å². The second-order valence-electron chi connectivity index (χ2n) is 5.75. The Labute approximate surface area is 154 Å². The predicted octanol–water partition coefficient (Wildman–Crippen LogP) is 4.98. The monoisotopic (exact) mass is 375 g/mol. The number of pyridine rings is 1. The quantitative estimate of drug-likeness (QED) is 0.498. The van der Waals surface area contributed by atoms with Crippen molar-refractivity contribution in [3.05, 3.63) is 70.9 Å². The number of nitrogens with zero attached hydrogens (tertiary/aromatic N) is 1. The number of halogens is 3. The van der Waals surface area contributed by atoms with Crippen molar-refractivity contribution in [3.8, 4) is 16.9 Å². The van der Waals surface area contributed by atoms with E-state index in [1.165, 1.54) is 0 Å². The topological polar surface area (TPSA) is 74.2 Å². The van der Waals surface area contributed by atoms with Crippen LogP contribution in [0.25, 0.3) is 11.1 Å². The zero-order valence-corrected chi connectivity index (χ0v) is 14.6. The van der Waals surface area contributed by atoms with Gasteiger partial charge in [-0.05, 0) is 42.8 Å². The zero-order chi connectivity index (χ0) is 18.8. The van der Waals surface area contributed by atoms with E-state index < -0.39 is 17.7 Å². The summed E-state index contributed by atoms with van der Waals surface area (Å²) >= 11 is 5.89. The van der Waals surface area contributed by atoms with Crippen LogP contribution >= 0.6 is 11.6 Å². The molecule has 0 spiro atoms. The summed E-state index contributed by atoms with van der Waals surface area (Å²) in [5.74, 6) is -1.01. The Bertz CT molecular complexity index is 948. The molecule has 26 heavy (non-hydrogen) atoms. The maximum atomic E-state index is 14.1. The van der Waals surface area contributed by atoms with Crippen molar-refractivity contribution < 1.29 is 13.5 Å². The highest BCUT2D eigenvalue weighted by Crippen LogP contribution is 2.34. The van der Waals surface area contributed by atoms with E-state index in [0.29, 0.717) is 5.69 Å². The van der Waals surface area contributed by atoms with E-state index >= 15 is 0 Å². The van der Waals surface area contributed by atoms with Crippen LogP contribution in [0.4, 0.5) is 20.3 Å². The number of benzene rings is 2. The van der Waals surface area contributed by atoms with Gasteiger partial charge in [-0.1, -0.05) is 23.7 Å². The normalized spacial score (nSPS) is 12.0. The molecule has 0 saturated carbocycles. The molecule has 1 aromatic heterocycles. The van der Waals surface area contributed by atoms with Crippen molar-refractivity contribution in [1.82, 2.24) is 4.98 Å². The van der Waals surface area contributed by atoms with E-state index in [4.69, 9.17) is 27.8 Å². The van der Waals surface area contributed by atoms with Gasteiger partial charge in [0.25, 0.3) is 0 Å². The standard InChI is InChI=1S/C19H16ClF2N3O/c1-10(17-14(21)6-7-15(22)18(17)20)26-16-8-12(9-25-19(16)24)11-2-4-13(23)5-3-11/h2-10H,23H2,1H3,(H2,24,25). The SMILES string of the molecule is CC(Oc1cc(-c2ccc(N)cc2)cnc1N)c1c(F)ccc(F)c1Cl. The fourth-order valence-corrected chi connectivity index (χ4v) is 2.85. The fourth-order valence-electron chi connectivity index (χ4n) is 2.55. The van der Waals surface area contributed by atoms with E-state index in [-0.39, 0.29) is 22.2 Å². The molecule has 1 heterocycles. The van der Waals surface area contributed by atoms with Crippen molar-refractivity contribution in [2.45, 2.75) is 13.0 Å². The van der Waals surface area contributed by atoms with Crippen molar-refractivity contribution in [1.29, 1.82) is 0 Å². The molecule has 0 fully saturated rings. The summed E-state index contributed by atoms with van der Waals surface area (Å²) in [6.07, 6.45) is 0.720. The predicted molar refractivity (Wildman–Crippen MR) is 98.9 cm³/mol. The van der Waals surface area contributed by atoms with E-state index in [2.05, 4.69) is 4.98 Å². The van der Waals surface area contributed by atoms with Gasteiger partial charge >= 0.3 is 0 Å². The highest BCUT2D eigenvalue weighted by Gasteiger charge is 2.21. The molecule has 4 nitrogen and oxygen atoms in total. The lowest BCUT2D eigenvalue weighted by Crippen LogP contribution is -2.09. The van der Waals surface area contributed by atoms with Crippen LogP contribution in [0.3, 0.4) is 0 Å². The maximum Gasteiger partial charge on any atom is 0.166 e. The lowest BCUT2D eigenvalue weighted by atomic mass is 10.1. The molecule has 0 radical (unpaired) electrons. The number of ether oxygens (including phenoxy) is 1. The van der Waals surface area contributed by atoms with Crippen LogP contribution in [0.2, 0.25) is 5.02 Å². The van der Waals surface area contributed by atoms with E-state index in [1.807, 2.05) is 12.1 Å². The maximum absolute atomic E-state index is 14.1. The molecule has 0 aliphatic rings. The molecule has 1 atom stereocenters. The largest absolute Gasteiger partial charge is 0.482 e. The third-order valence-electron chi connectivity index (χ3n) is 3.92. The smallest absolute Gasteiger partial charge is 0.166 e. The molecular weight excluding hydrogens is 360 g/mol. The first-order valence-electron chi connectivity index (χ1n) is 7.78. The molecule has 134 valence electrons. The van der Waals surface area contributed by atoms with Gasteiger partial charge in [-0.3, -0.25) is 0 Å². The van der Waals surface area contributed by atoms with Crippen molar-refractivity contribution >= 4 is 23.1 Å². The lowest BCUT2D eigenvalue weighted by molar-refractivity contribution is 0.221. The van der Waals surface area contributed by atoms with Gasteiger partial charge in [-0.15, -0.1) is 0 Å². The summed E-state index contributed by atoms with van der Waals surface area (Å²) in [7, 11) is 0. The molecule has 4 N–H and O–H groups in total. The first-order chi connectivity index (χ1) is 12.4. The van der Waals surface area contributed by atoms with Gasteiger partial charge in [0.1, 0.15) is 17.7 Å². The highest BCUT2D eigenvalue weighted by molar-refractivity contribution is 6.31. The molecule has 0 aliphatic heterocycles. The fraction of sp³-hybridized carbons (Fsp3) is 0.105. The first kappa shape index (κ1) is 17.9. The number of nitrogens with two attached hydrogens (primary N) is 2. The van der Waals surface area contributed by atoms with Crippen LogP contribution in [0.5, 0.6) is 5.75 Å². The van der Waals surface area contributed by atoms with Crippen LogP contribution in [0.1, 0.15) is 18.6 Å². The molecule has 3 rings (SSSR count). The Balaban J connectivity index is 1.94. The average Bonchev–Trinajstić information content (AvgIpc) is 2.61. The Hall–Kier alpha value is -2.86.